The molecule has 3 aliphatic rings. The number of methoxy groups -OCH3 is 1. The molecule has 222 valence electrons. The monoisotopic (exact) mass is 591 g/mol. The number of phenolic OH excluding ortho intramolecular Hbond substituents is 1. The summed E-state index contributed by atoms with van der Waals surface area (Å²) < 4.78 is 19.7. The Labute approximate surface area is 252 Å². The molecular formula is C33H29N5O6. The van der Waals surface area contributed by atoms with Crippen LogP contribution >= 0.6 is 0 Å². The molecule has 0 radical (unpaired) electrons. The van der Waals surface area contributed by atoms with E-state index in [2.05, 4.69) is 15.4 Å². The second kappa shape index (κ2) is 11.3. The van der Waals surface area contributed by atoms with E-state index in [1.165, 1.54) is 12.1 Å². The second-order valence-electron chi connectivity index (χ2n) is 10.6. The summed E-state index contributed by atoms with van der Waals surface area (Å²) in [6.45, 7) is 1.13. The first kappa shape index (κ1) is 27.3. The molecule has 2 aromatic heterocycles. The van der Waals surface area contributed by atoms with Crippen LogP contribution in [0.3, 0.4) is 0 Å². The molecule has 3 aliphatic heterocycles. The van der Waals surface area contributed by atoms with Crippen molar-refractivity contribution in [2.45, 2.75) is 18.9 Å². The van der Waals surface area contributed by atoms with Crippen molar-refractivity contribution in [3.8, 4) is 28.7 Å². The molecule has 0 aliphatic carbocycles. The lowest BCUT2D eigenvalue weighted by atomic mass is 9.87. The van der Waals surface area contributed by atoms with Crippen molar-refractivity contribution in [2.75, 3.05) is 26.8 Å². The van der Waals surface area contributed by atoms with Crippen LogP contribution in [0.15, 0.2) is 79.3 Å². The van der Waals surface area contributed by atoms with Gasteiger partial charge in [-0.2, -0.15) is 5.10 Å². The molecule has 2 N–H and O–H groups in total. The van der Waals surface area contributed by atoms with Gasteiger partial charge < -0.3 is 29.5 Å². The topological polar surface area (TPSA) is 128 Å². The minimum absolute atomic E-state index is 0.102. The summed E-state index contributed by atoms with van der Waals surface area (Å²) in [5.74, 6) is 1.17. The molecule has 1 atom stereocenters. The van der Waals surface area contributed by atoms with Gasteiger partial charge in [-0.15, -0.1) is 0 Å². The number of hydrogen-bond donors (Lipinski definition) is 2. The van der Waals surface area contributed by atoms with Crippen LogP contribution in [0.1, 0.15) is 49.9 Å². The maximum absolute atomic E-state index is 14.2. The van der Waals surface area contributed by atoms with E-state index in [1.54, 1.807) is 42.3 Å². The van der Waals surface area contributed by atoms with Crippen molar-refractivity contribution in [3.05, 3.63) is 107 Å². The normalized spacial score (nSPS) is 16.3. The zero-order chi connectivity index (χ0) is 30.2. The quantitative estimate of drug-likeness (QED) is 0.307. The van der Waals surface area contributed by atoms with E-state index >= 15 is 0 Å². The number of fused-ring (bicyclic) bond motifs is 7. The Kier molecular flexibility index (Phi) is 6.97. The number of carbonyl (C=O) groups is 2. The molecule has 8 rings (SSSR count). The van der Waals surface area contributed by atoms with Crippen molar-refractivity contribution in [1.29, 1.82) is 0 Å². The average Bonchev–Trinajstić information content (AvgIpc) is 3.48. The number of aromatic hydroxyl groups is 1. The van der Waals surface area contributed by atoms with Crippen LogP contribution < -0.4 is 19.5 Å². The van der Waals surface area contributed by atoms with E-state index in [0.29, 0.717) is 66.7 Å². The van der Waals surface area contributed by atoms with Gasteiger partial charge in [-0.1, -0.05) is 12.1 Å². The summed E-state index contributed by atoms with van der Waals surface area (Å²) in [4.78, 5) is 33.3. The number of benzene rings is 3. The Morgan fingerprint density at radius 2 is 2.02 bits per heavy atom. The first-order chi connectivity index (χ1) is 21.5. The Balaban J connectivity index is 1.36. The summed E-state index contributed by atoms with van der Waals surface area (Å²) in [6.07, 6.45) is 6.07. The number of nitrogens with one attached hydrogen (secondary N) is 1. The molecule has 1 unspecified atom stereocenters. The molecule has 5 heterocycles. The molecule has 2 amide bonds. The molecule has 3 aromatic carbocycles. The largest absolute Gasteiger partial charge is 0.507 e. The van der Waals surface area contributed by atoms with Crippen LogP contribution in [0.5, 0.6) is 28.7 Å². The first-order valence-electron chi connectivity index (χ1n) is 14.3. The molecule has 0 saturated carbocycles. The summed E-state index contributed by atoms with van der Waals surface area (Å²) in [7, 11) is 1.55. The van der Waals surface area contributed by atoms with Gasteiger partial charge in [0.05, 0.1) is 31.5 Å². The second-order valence-corrected chi connectivity index (χ2v) is 10.6. The summed E-state index contributed by atoms with van der Waals surface area (Å²) in [6, 6.07) is 17.3. The van der Waals surface area contributed by atoms with E-state index < -0.39 is 11.9 Å². The van der Waals surface area contributed by atoms with Gasteiger partial charge in [-0.05, 0) is 78.1 Å². The van der Waals surface area contributed by atoms with Crippen LogP contribution in [0.2, 0.25) is 0 Å². The van der Waals surface area contributed by atoms with Crippen molar-refractivity contribution in [1.82, 2.24) is 24.8 Å². The minimum Gasteiger partial charge on any atom is -0.507 e. The van der Waals surface area contributed by atoms with Gasteiger partial charge in [0.25, 0.3) is 11.8 Å². The highest BCUT2D eigenvalue weighted by atomic mass is 16.5. The summed E-state index contributed by atoms with van der Waals surface area (Å²) in [5, 5.41) is 17.5. The van der Waals surface area contributed by atoms with Gasteiger partial charge in [-0.25, -0.2) is 9.50 Å². The Morgan fingerprint density at radius 3 is 2.91 bits per heavy atom. The first-order valence-corrected chi connectivity index (χ1v) is 14.3. The van der Waals surface area contributed by atoms with E-state index in [1.807, 2.05) is 41.3 Å². The molecule has 5 aromatic rings. The van der Waals surface area contributed by atoms with Gasteiger partial charge in [-0.3, -0.25) is 9.59 Å². The van der Waals surface area contributed by atoms with E-state index in [-0.39, 0.29) is 17.2 Å². The number of amides is 2. The number of aromatic nitrogens is 3. The maximum Gasteiger partial charge on any atom is 0.260 e. The third-order valence-corrected chi connectivity index (χ3v) is 7.91. The fourth-order valence-corrected chi connectivity index (χ4v) is 5.80. The van der Waals surface area contributed by atoms with Gasteiger partial charge in [0.2, 0.25) is 0 Å². The maximum atomic E-state index is 14.2. The zero-order valence-electron chi connectivity index (χ0n) is 23.9. The van der Waals surface area contributed by atoms with Crippen LogP contribution in [-0.4, -0.2) is 63.2 Å². The van der Waals surface area contributed by atoms with E-state index in [4.69, 9.17) is 14.2 Å². The van der Waals surface area contributed by atoms with Crippen LogP contribution in [0.25, 0.3) is 5.65 Å². The minimum atomic E-state index is -0.463. The fraction of sp³-hybridized carbons (Fsp3) is 0.212. The molecular weight excluding hydrogens is 562 g/mol. The van der Waals surface area contributed by atoms with Gasteiger partial charge in [0.15, 0.2) is 17.1 Å². The molecule has 11 heteroatoms. The number of hydrogen-bond acceptors (Lipinski definition) is 8. The molecule has 44 heavy (non-hydrogen) atoms. The summed E-state index contributed by atoms with van der Waals surface area (Å²) in [5.41, 5.74) is 3.75. The standard InChI is InChI=1S/C33H29N5O6/c1-42-28-18-24-20-9-13-37(33(41)26-19-36-38-12-3-10-34-31(26)38)30(24)21-5-2-6-22(15-21)43-14-4-11-35-32(40)25-17-23(7-8-27(25)39)44-29(28)16-20/h2-3,5-8,10,12,15-19,30,39H,4,9,11,13-14H2,1H3,(H,35,40). The van der Waals surface area contributed by atoms with Crippen LogP contribution in [-0.2, 0) is 6.42 Å². The predicted octanol–water partition coefficient (Wildman–Crippen LogP) is 4.54. The van der Waals surface area contributed by atoms with Gasteiger partial charge >= 0.3 is 0 Å². The highest BCUT2D eigenvalue weighted by molar-refractivity contribution is 6.00. The molecule has 0 fully saturated rings. The van der Waals surface area contributed by atoms with E-state index in [9.17, 15) is 14.7 Å². The lowest BCUT2D eigenvalue weighted by molar-refractivity contribution is 0.0695. The predicted molar refractivity (Wildman–Crippen MR) is 160 cm³/mol. The third kappa shape index (κ3) is 4.91. The number of rotatable bonds is 2. The Morgan fingerprint density at radius 1 is 1.11 bits per heavy atom. The summed E-state index contributed by atoms with van der Waals surface area (Å²) >= 11 is 0. The number of nitrogens with zero attached hydrogens (tertiary/aromatic N) is 4. The third-order valence-electron chi connectivity index (χ3n) is 7.91. The molecule has 11 nitrogen and oxygen atoms in total. The SMILES string of the molecule is COc1cc2c3cc1Oc1ccc(O)c(c1)C(=O)NCCCOc1cccc(c1)C2N(C(=O)c1cnn2cccnc12)CC3. The van der Waals surface area contributed by atoms with Crippen molar-refractivity contribution in [2.24, 2.45) is 0 Å². The van der Waals surface area contributed by atoms with E-state index in [0.717, 1.165) is 16.7 Å². The average molecular weight is 592 g/mol. The molecule has 0 saturated heterocycles. The van der Waals surface area contributed by atoms with Crippen molar-refractivity contribution >= 4 is 17.5 Å². The smallest absolute Gasteiger partial charge is 0.260 e. The van der Waals surface area contributed by atoms with Gasteiger partial charge in [0, 0.05) is 25.5 Å². The molecule has 8 bridgehead atoms. The van der Waals surface area contributed by atoms with Crippen molar-refractivity contribution in [3.63, 3.8) is 0 Å². The van der Waals surface area contributed by atoms with Crippen LogP contribution in [0, 0.1) is 0 Å². The number of phenols is 1. The fourth-order valence-electron chi connectivity index (χ4n) is 5.80. The Bertz CT molecular complexity index is 1900. The molecule has 0 spiro atoms. The number of ether oxygens (including phenoxy) is 3. The van der Waals surface area contributed by atoms with Crippen molar-refractivity contribution < 1.29 is 28.9 Å². The lowest BCUT2D eigenvalue weighted by Crippen LogP contribution is -2.40. The van der Waals surface area contributed by atoms with Crippen LogP contribution in [0.4, 0.5) is 0 Å². The lowest BCUT2D eigenvalue weighted by Gasteiger charge is -2.38. The van der Waals surface area contributed by atoms with Gasteiger partial charge in [0.1, 0.15) is 22.8 Å². The number of carbonyl (C=O) groups excluding carboxylic acids is 2. The highest BCUT2D eigenvalue weighted by Gasteiger charge is 2.35. The zero-order valence-corrected chi connectivity index (χ0v) is 23.9. The Hall–Kier alpha value is -5.58. The highest BCUT2D eigenvalue weighted by Crippen LogP contribution is 2.43.